The Kier molecular flexibility index (Phi) is 3.52. The molecule has 0 aromatic heterocycles. The number of carbonyl (C=O) groups is 1. The molecule has 0 spiro atoms. The molecule has 0 radical (unpaired) electrons. The second-order valence-electron chi connectivity index (χ2n) is 5.03. The maximum Gasteiger partial charge on any atom is 0.200 e. The van der Waals surface area contributed by atoms with E-state index < -0.39 is 11.4 Å². The highest BCUT2D eigenvalue weighted by atomic mass is 79.9. The van der Waals surface area contributed by atoms with E-state index in [1.54, 1.807) is 17.4 Å². The van der Waals surface area contributed by atoms with Crippen molar-refractivity contribution in [1.82, 2.24) is 4.31 Å². The van der Waals surface area contributed by atoms with E-state index in [0.29, 0.717) is 16.0 Å². The normalized spacial score (nSPS) is 22.2. The van der Waals surface area contributed by atoms with Gasteiger partial charge in [-0.3, -0.25) is 4.79 Å². The molecule has 5 heteroatoms. The standard InChI is InChI=1S/C15H14BrNO2S/c1-9-3-5-11-14(7-9)20(19)17(2)13-6-4-10(16)8-12(13)15(11)18/h3,5,7-8H,4,6H2,1-2H3. The molecular formula is C15H14BrNO2S. The molecule has 0 bridgehead atoms. The summed E-state index contributed by atoms with van der Waals surface area (Å²) in [4.78, 5) is 13.3. The lowest BCUT2D eigenvalue weighted by Crippen LogP contribution is -2.27. The van der Waals surface area contributed by atoms with Gasteiger partial charge in [-0.1, -0.05) is 22.0 Å². The van der Waals surface area contributed by atoms with Crippen LogP contribution in [-0.4, -0.2) is 21.7 Å². The Hall–Kier alpha value is -1.04. The number of ketones is 1. The zero-order chi connectivity index (χ0) is 14.4. The largest absolute Gasteiger partial charge is 0.588 e. The minimum atomic E-state index is -1.33. The molecule has 1 heterocycles. The molecule has 0 saturated carbocycles. The van der Waals surface area contributed by atoms with Crippen LogP contribution in [0.5, 0.6) is 0 Å². The van der Waals surface area contributed by atoms with Gasteiger partial charge in [0, 0.05) is 5.57 Å². The van der Waals surface area contributed by atoms with E-state index in [0.717, 1.165) is 28.6 Å². The molecule has 1 aromatic carbocycles. The summed E-state index contributed by atoms with van der Waals surface area (Å²) < 4.78 is 15.4. The fourth-order valence-corrected chi connectivity index (χ4v) is 4.31. The van der Waals surface area contributed by atoms with E-state index in [2.05, 4.69) is 15.9 Å². The molecule has 1 aliphatic heterocycles. The molecule has 3 rings (SSSR count). The zero-order valence-corrected chi connectivity index (χ0v) is 13.7. The Morgan fingerprint density at radius 3 is 2.85 bits per heavy atom. The van der Waals surface area contributed by atoms with E-state index >= 15 is 0 Å². The van der Waals surface area contributed by atoms with Crippen molar-refractivity contribution in [1.29, 1.82) is 0 Å². The zero-order valence-electron chi connectivity index (χ0n) is 11.3. The lowest BCUT2D eigenvalue weighted by Gasteiger charge is -2.25. The van der Waals surface area contributed by atoms with Crippen molar-refractivity contribution in [3.05, 3.63) is 51.2 Å². The highest BCUT2D eigenvalue weighted by Crippen LogP contribution is 2.37. The summed E-state index contributed by atoms with van der Waals surface area (Å²) in [5.74, 6) is -0.0376. The molecule has 1 aromatic rings. The van der Waals surface area contributed by atoms with Crippen LogP contribution >= 0.6 is 15.9 Å². The molecule has 0 N–H and O–H groups in total. The molecular weight excluding hydrogens is 338 g/mol. The van der Waals surface area contributed by atoms with Crippen molar-refractivity contribution < 1.29 is 9.35 Å². The van der Waals surface area contributed by atoms with Crippen LogP contribution in [0.15, 0.2) is 44.9 Å². The molecule has 104 valence electrons. The molecule has 0 fully saturated rings. The first kappa shape index (κ1) is 13.9. The number of rotatable bonds is 0. The van der Waals surface area contributed by atoms with Crippen LogP contribution in [0.1, 0.15) is 28.8 Å². The number of allylic oxidation sites excluding steroid dienone is 4. The van der Waals surface area contributed by atoms with Crippen LogP contribution in [0.4, 0.5) is 0 Å². The van der Waals surface area contributed by atoms with Gasteiger partial charge in [-0.2, -0.15) is 4.31 Å². The topological polar surface area (TPSA) is 43.4 Å². The van der Waals surface area contributed by atoms with E-state index in [1.807, 2.05) is 25.1 Å². The van der Waals surface area contributed by atoms with Gasteiger partial charge in [0.25, 0.3) is 0 Å². The molecule has 0 saturated heterocycles. The number of hydrogen-bond acceptors (Lipinski definition) is 3. The highest BCUT2D eigenvalue weighted by molar-refractivity contribution is 9.11. The second kappa shape index (κ2) is 5.06. The van der Waals surface area contributed by atoms with E-state index in [9.17, 15) is 9.35 Å². The summed E-state index contributed by atoms with van der Waals surface area (Å²) in [6.45, 7) is 1.94. The summed E-state index contributed by atoms with van der Waals surface area (Å²) >= 11 is 2.14. The van der Waals surface area contributed by atoms with Gasteiger partial charge < -0.3 is 4.55 Å². The first-order valence-electron chi connectivity index (χ1n) is 6.39. The number of fused-ring (bicyclic) bond motifs is 1. The number of benzene rings is 1. The third kappa shape index (κ3) is 2.14. The number of carbonyl (C=O) groups excluding carboxylic acids is 1. The van der Waals surface area contributed by atoms with Crippen molar-refractivity contribution in [2.75, 3.05) is 7.05 Å². The molecule has 20 heavy (non-hydrogen) atoms. The van der Waals surface area contributed by atoms with Crippen LogP contribution in [0.2, 0.25) is 0 Å². The smallest absolute Gasteiger partial charge is 0.200 e. The van der Waals surface area contributed by atoms with Gasteiger partial charge in [0.2, 0.25) is 0 Å². The highest BCUT2D eigenvalue weighted by Gasteiger charge is 2.36. The van der Waals surface area contributed by atoms with Gasteiger partial charge in [0.05, 0.1) is 18.3 Å². The first-order valence-corrected chi connectivity index (χ1v) is 8.29. The number of nitrogens with zero attached hydrogens (tertiary/aromatic N) is 1. The summed E-state index contributed by atoms with van der Waals surface area (Å²) in [6, 6.07) is 5.52. The monoisotopic (exact) mass is 351 g/mol. The van der Waals surface area contributed by atoms with E-state index in [4.69, 9.17) is 0 Å². The Morgan fingerprint density at radius 1 is 1.35 bits per heavy atom. The molecule has 3 nitrogen and oxygen atoms in total. The SMILES string of the molecule is Cc1ccc2c(c1)[S+]([O-])N(C)C1=C(C=C(Br)CC1)C2=O. The van der Waals surface area contributed by atoms with Gasteiger partial charge in [0.1, 0.15) is 11.4 Å². The number of halogens is 1. The van der Waals surface area contributed by atoms with Crippen molar-refractivity contribution in [3.8, 4) is 0 Å². The summed E-state index contributed by atoms with van der Waals surface area (Å²) in [5, 5.41) is 0. The van der Waals surface area contributed by atoms with E-state index in [-0.39, 0.29) is 5.78 Å². The molecule has 2 aliphatic rings. The average Bonchev–Trinajstić information content (AvgIpc) is 2.50. The average molecular weight is 352 g/mol. The van der Waals surface area contributed by atoms with Gasteiger partial charge in [-0.25, -0.2) is 0 Å². The fraction of sp³-hybridized carbons (Fsp3) is 0.267. The van der Waals surface area contributed by atoms with Gasteiger partial charge >= 0.3 is 0 Å². The van der Waals surface area contributed by atoms with Crippen LogP contribution in [0.3, 0.4) is 0 Å². The van der Waals surface area contributed by atoms with Crippen molar-refractivity contribution in [3.63, 3.8) is 0 Å². The van der Waals surface area contributed by atoms with Crippen molar-refractivity contribution in [2.24, 2.45) is 0 Å². The van der Waals surface area contributed by atoms with Crippen molar-refractivity contribution >= 4 is 33.1 Å². The Bertz CT molecular complexity index is 666. The third-order valence-electron chi connectivity index (χ3n) is 3.66. The van der Waals surface area contributed by atoms with E-state index in [1.165, 1.54) is 0 Å². The number of hydrogen-bond donors (Lipinski definition) is 0. The van der Waals surface area contributed by atoms with Gasteiger partial charge in [-0.05, 0) is 48.0 Å². The second-order valence-corrected chi connectivity index (χ2v) is 7.53. The summed E-state index contributed by atoms with van der Waals surface area (Å²) in [7, 11) is 1.79. The van der Waals surface area contributed by atoms with Crippen LogP contribution in [0, 0.1) is 6.92 Å². The molecule has 1 unspecified atom stereocenters. The predicted octanol–water partition coefficient (Wildman–Crippen LogP) is 3.47. The summed E-state index contributed by atoms with van der Waals surface area (Å²) in [5.41, 5.74) is 3.08. The number of aryl methyl sites for hydroxylation is 1. The quantitative estimate of drug-likeness (QED) is 0.672. The summed E-state index contributed by atoms with van der Waals surface area (Å²) in [6.07, 6.45) is 3.43. The first-order chi connectivity index (χ1) is 9.49. The molecule has 1 atom stereocenters. The molecule has 1 aliphatic carbocycles. The predicted molar refractivity (Wildman–Crippen MR) is 83.0 cm³/mol. The van der Waals surface area contributed by atoms with Crippen LogP contribution in [-0.2, 0) is 11.4 Å². The lowest BCUT2D eigenvalue weighted by atomic mass is 9.95. The van der Waals surface area contributed by atoms with Crippen molar-refractivity contribution in [2.45, 2.75) is 24.7 Å². The third-order valence-corrected chi connectivity index (χ3v) is 5.71. The Morgan fingerprint density at radius 2 is 2.10 bits per heavy atom. The van der Waals surface area contributed by atoms with Crippen LogP contribution < -0.4 is 0 Å². The Labute approximate surface area is 129 Å². The molecule has 0 amide bonds. The maximum absolute atomic E-state index is 12.7. The maximum atomic E-state index is 12.7. The van der Waals surface area contributed by atoms with Gasteiger partial charge in [-0.15, -0.1) is 0 Å². The Balaban J connectivity index is 2.23. The fourth-order valence-electron chi connectivity index (χ4n) is 2.56. The number of Topliss-reactive ketones (excluding diaryl/α,β-unsaturated/α-hetero) is 1. The minimum absolute atomic E-state index is 0.0376. The van der Waals surface area contributed by atoms with Crippen LogP contribution in [0.25, 0.3) is 0 Å². The minimum Gasteiger partial charge on any atom is -0.588 e. The lowest BCUT2D eigenvalue weighted by molar-refractivity contribution is 0.103. The van der Waals surface area contributed by atoms with Gasteiger partial charge in [0.15, 0.2) is 10.7 Å².